The van der Waals surface area contributed by atoms with Gasteiger partial charge in [0.05, 0.1) is 13.2 Å². The van der Waals surface area contributed by atoms with Gasteiger partial charge in [0.1, 0.15) is 17.7 Å². The molecule has 2 aromatic heterocycles. The number of halogens is 1. The van der Waals surface area contributed by atoms with E-state index in [2.05, 4.69) is 50.9 Å². The number of aliphatic imine (C=N–C) groups is 1. The monoisotopic (exact) mass is 536 g/mol. The summed E-state index contributed by atoms with van der Waals surface area (Å²) in [6.45, 7) is 4.82. The Morgan fingerprint density at radius 1 is 1.26 bits per heavy atom. The number of aryl methyl sites for hydroxylation is 1. The van der Waals surface area contributed by atoms with Crippen LogP contribution in [0.1, 0.15) is 23.4 Å². The smallest absolute Gasteiger partial charge is 0.191 e. The SMILES string of the molecule is CN=C(NCCc1nnc2ccccn12)NCc1ccc(C)cc1OC1CCOC1.I. The minimum atomic E-state index is 0. The molecule has 0 spiro atoms. The predicted molar refractivity (Wildman–Crippen MR) is 131 cm³/mol. The average molecular weight is 536 g/mol. The Bertz CT molecular complexity index is 1020. The topological polar surface area (TPSA) is 85.1 Å². The van der Waals surface area contributed by atoms with E-state index < -0.39 is 0 Å². The van der Waals surface area contributed by atoms with Gasteiger partial charge in [0.15, 0.2) is 11.6 Å². The lowest BCUT2D eigenvalue weighted by Crippen LogP contribution is -2.38. The van der Waals surface area contributed by atoms with Gasteiger partial charge in [-0.1, -0.05) is 18.2 Å². The molecule has 1 aliphatic rings. The second kappa shape index (κ2) is 11.3. The number of nitrogens with one attached hydrogen (secondary N) is 2. The van der Waals surface area contributed by atoms with Crippen LogP contribution in [0.2, 0.25) is 0 Å². The number of aromatic nitrogens is 3. The number of pyridine rings is 1. The minimum Gasteiger partial charge on any atom is -0.488 e. The van der Waals surface area contributed by atoms with Crippen LogP contribution in [0.3, 0.4) is 0 Å². The number of fused-ring (bicyclic) bond motifs is 1. The molecule has 9 heteroatoms. The molecule has 1 unspecified atom stereocenters. The van der Waals surface area contributed by atoms with Gasteiger partial charge in [-0.2, -0.15) is 0 Å². The number of nitrogens with zero attached hydrogens (tertiary/aromatic N) is 4. The van der Waals surface area contributed by atoms with Crippen molar-refractivity contribution in [1.29, 1.82) is 0 Å². The lowest BCUT2D eigenvalue weighted by molar-refractivity contribution is 0.140. The zero-order valence-corrected chi connectivity index (χ0v) is 20.2. The number of benzene rings is 1. The van der Waals surface area contributed by atoms with Crippen LogP contribution in [0, 0.1) is 6.92 Å². The zero-order valence-electron chi connectivity index (χ0n) is 17.9. The number of ether oxygens (including phenoxy) is 2. The van der Waals surface area contributed by atoms with Crippen molar-refractivity contribution in [3.63, 3.8) is 0 Å². The third-order valence-corrected chi connectivity index (χ3v) is 5.10. The van der Waals surface area contributed by atoms with Gasteiger partial charge in [-0.25, -0.2) is 0 Å². The van der Waals surface area contributed by atoms with E-state index in [9.17, 15) is 0 Å². The van der Waals surface area contributed by atoms with Crippen LogP contribution in [0.25, 0.3) is 5.65 Å². The molecule has 0 saturated carbocycles. The van der Waals surface area contributed by atoms with Gasteiger partial charge in [-0.05, 0) is 30.7 Å². The molecule has 166 valence electrons. The summed E-state index contributed by atoms with van der Waals surface area (Å²) in [6, 6.07) is 12.2. The number of hydrogen-bond donors (Lipinski definition) is 2. The molecule has 1 aromatic carbocycles. The van der Waals surface area contributed by atoms with E-state index in [1.165, 1.54) is 5.56 Å². The van der Waals surface area contributed by atoms with Gasteiger partial charge in [-0.15, -0.1) is 34.2 Å². The fourth-order valence-electron chi connectivity index (χ4n) is 3.46. The van der Waals surface area contributed by atoms with E-state index in [-0.39, 0.29) is 30.1 Å². The predicted octanol–water partition coefficient (Wildman–Crippen LogP) is 2.73. The zero-order chi connectivity index (χ0) is 20.8. The molecule has 31 heavy (non-hydrogen) atoms. The summed E-state index contributed by atoms with van der Waals surface area (Å²) in [4.78, 5) is 4.33. The molecule has 1 fully saturated rings. The number of hydrogen-bond acceptors (Lipinski definition) is 5. The highest BCUT2D eigenvalue weighted by molar-refractivity contribution is 14.0. The largest absolute Gasteiger partial charge is 0.488 e. The molecule has 1 atom stereocenters. The molecule has 1 saturated heterocycles. The lowest BCUT2D eigenvalue weighted by Gasteiger charge is -2.18. The van der Waals surface area contributed by atoms with E-state index in [0.29, 0.717) is 19.7 Å². The normalized spacial score (nSPS) is 16.2. The molecule has 4 rings (SSSR count). The van der Waals surface area contributed by atoms with Crippen molar-refractivity contribution in [3.8, 4) is 5.75 Å². The molecular weight excluding hydrogens is 507 g/mol. The molecule has 3 heterocycles. The second-order valence-electron chi connectivity index (χ2n) is 7.36. The van der Waals surface area contributed by atoms with Crippen LogP contribution in [0.5, 0.6) is 5.75 Å². The van der Waals surface area contributed by atoms with Crippen molar-refractivity contribution >= 4 is 35.6 Å². The van der Waals surface area contributed by atoms with Crippen LogP contribution in [-0.2, 0) is 17.7 Å². The summed E-state index contributed by atoms with van der Waals surface area (Å²) in [5.41, 5.74) is 3.13. The molecule has 1 aliphatic heterocycles. The Kier molecular flexibility index (Phi) is 8.47. The van der Waals surface area contributed by atoms with Crippen LogP contribution >= 0.6 is 24.0 Å². The van der Waals surface area contributed by atoms with Crippen molar-refractivity contribution < 1.29 is 9.47 Å². The maximum atomic E-state index is 6.18. The fourth-order valence-corrected chi connectivity index (χ4v) is 3.46. The minimum absolute atomic E-state index is 0. The van der Waals surface area contributed by atoms with E-state index in [1.54, 1.807) is 7.05 Å². The Morgan fingerprint density at radius 2 is 2.16 bits per heavy atom. The molecule has 3 aromatic rings. The molecule has 0 aliphatic carbocycles. The van der Waals surface area contributed by atoms with Crippen LogP contribution in [0.15, 0.2) is 47.6 Å². The highest BCUT2D eigenvalue weighted by atomic mass is 127. The molecule has 0 radical (unpaired) electrons. The van der Waals surface area contributed by atoms with Gasteiger partial charge in [-0.3, -0.25) is 9.39 Å². The Hall–Kier alpha value is -2.40. The van der Waals surface area contributed by atoms with Crippen LogP contribution < -0.4 is 15.4 Å². The van der Waals surface area contributed by atoms with E-state index in [0.717, 1.165) is 48.2 Å². The molecule has 2 N–H and O–H groups in total. The van der Waals surface area contributed by atoms with Crippen molar-refractivity contribution in [2.75, 3.05) is 26.8 Å². The van der Waals surface area contributed by atoms with Crippen molar-refractivity contribution in [1.82, 2.24) is 25.2 Å². The summed E-state index contributed by atoms with van der Waals surface area (Å²) in [6.07, 6.45) is 3.78. The average Bonchev–Trinajstić information content (AvgIpc) is 3.42. The third kappa shape index (κ3) is 6.07. The van der Waals surface area contributed by atoms with Crippen molar-refractivity contribution in [3.05, 3.63) is 59.5 Å². The summed E-state index contributed by atoms with van der Waals surface area (Å²) in [5.74, 6) is 2.56. The van der Waals surface area contributed by atoms with Crippen LogP contribution in [0.4, 0.5) is 0 Å². The molecule has 8 nitrogen and oxygen atoms in total. The first-order valence-corrected chi connectivity index (χ1v) is 10.3. The standard InChI is InChI=1S/C22H28N6O2.HI/c1-16-6-7-17(19(13-16)30-18-9-12-29-15-18)14-25-22(23-2)24-10-8-21-27-26-20-5-3-4-11-28(20)21;/h3-7,11,13,18H,8-10,12,14-15H2,1-2H3,(H2,23,24,25);1H. The molecule has 0 amide bonds. The Labute approximate surface area is 199 Å². The lowest BCUT2D eigenvalue weighted by atomic mass is 10.1. The van der Waals surface area contributed by atoms with Gasteiger partial charge in [0.25, 0.3) is 0 Å². The summed E-state index contributed by atoms with van der Waals surface area (Å²) in [5, 5.41) is 15.2. The van der Waals surface area contributed by atoms with Crippen LogP contribution in [-0.4, -0.2) is 53.5 Å². The second-order valence-corrected chi connectivity index (χ2v) is 7.36. The Balaban J connectivity index is 0.00000272. The van der Waals surface area contributed by atoms with E-state index >= 15 is 0 Å². The fraction of sp³-hybridized carbons (Fsp3) is 0.409. The number of rotatable bonds is 7. The highest BCUT2D eigenvalue weighted by Crippen LogP contribution is 2.23. The third-order valence-electron chi connectivity index (χ3n) is 5.10. The van der Waals surface area contributed by atoms with Gasteiger partial charge in [0.2, 0.25) is 0 Å². The van der Waals surface area contributed by atoms with Crippen molar-refractivity contribution in [2.45, 2.75) is 32.4 Å². The summed E-state index contributed by atoms with van der Waals surface area (Å²) < 4.78 is 13.6. The number of guanidine groups is 1. The van der Waals surface area contributed by atoms with E-state index in [4.69, 9.17) is 9.47 Å². The Morgan fingerprint density at radius 3 is 2.97 bits per heavy atom. The first-order valence-electron chi connectivity index (χ1n) is 10.3. The maximum absolute atomic E-state index is 6.18. The van der Waals surface area contributed by atoms with Gasteiger partial charge >= 0.3 is 0 Å². The summed E-state index contributed by atoms with van der Waals surface area (Å²) in [7, 11) is 1.77. The summed E-state index contributed by atoms with van der Waals surface area (Å²) >= 11 is 0. The quantitative estimate of drug-likeness (QED) is 0.275. The van der Waals surface area contributed by atoms with Gasteiger partial charge in [0, 0.05) is 44.7 Å². The highest BCUT2D eigenvalue weighted by Gasteiger charge is 2.18. The first kappa shape index (κ1) is 23.3. The van der Waals surface area contributed by atoms with Crippen molar-refractivity contribution in [2.24, 2.45) is 4.99 Å². The molecule has 0 bridgehead atoms. The van der Waals surface area contributed by atoms with Gasteiger partial charge < -0.3 is 20.1 Å². The first-order chi connectivity index (χ1) is 14.7. The van der Waals surface area contributed by atoms with E-state index in [1.807, 2.05) is 28.8 Å². The molecular formula is C22H29IN6O2. The maximum Gasteiger partial charge on any atom is 0.191 e.